The molecule has 4 heteroatoms. The van der Waals surface area contributed by atoms with Gasteiger partial charge in [-0.15, -0.1) is 0 Å². The van der Waals surface area contributed by atoms with E-state index in [1.165, 1.54) is 0 Å². The van der Waals surface area contributed by atoms with Crippen molar-refractivity contribution < 1.29 is 9.84 Å². The van der Waals surface area contributed by atoms with E-state index in [0.29, 0.717) is 11.6 Å². The van der Waals surface area contributed by atoms with E-state index >= 15 is 0 Å². The minimum absolute atomic E-state index is 0.00784. The summed E-state index contributed by atoms with van der Waals surface area (Å²) in [6.07, 6.45) is 0. The van der Waals surface area contributed by atoms with Gasteiger partial charge in [-0.1, -0.05) is 11.6 Å². The van der Waals surface area contributed by atoms with Crippen molar-refractivity contribution in [2.75, 3.05) is 25.2 Å². The molecule has 0 fully saturated rings. The molecule has 1 aromatic carbocycles. The molecular formula is C13H20ClNO2. The lowest BCUT2D eigenvalue weighted by Gasteiger charge is -2.31. The molecule has 3 nitrogen and oxygen atoms in total. The highest BCUT2D eigenvalue weighted by Gasteiger charge is 2.15. The second-order valence-corrected chi connectivity index (χ2v) is 4.46. The Morgan fingerprint density at radius 3 is 2.71 bits per heavy atom. The fourth-order valence-corrected chi connectivity index (χ4v) is 2.21. The molecule has 96 valence electrons. The summed E-state index contributed by atoms with van der Waals surface area (Å²) >= 11 is 5.93. The lowest BCUT2D eigenvalue weighted by Crippen LogP contribution is -2.36. The van der Waals surface area contributed by atoms with Gasteiger partial charge < -0.3 is 14.7 Å². The van der Waals surface area contributed by atoms with Crippen LogP contribution in [0, 0.1) is 0 Å². The molecule has 0 aliphatic heterocycles. The molecule has 0 aromatic heterocycles. The van der Waals surface area contributed by atoms with Crippen molar-refractivity contribution in [3.8, 4) is 0 Å². The van der Waals surface area contributed by atoms with E-state index in [1.54, 1.807) is 13.2 Å². The van der Waals surface area contributed by atoms with Crippen LogP contribution in [0.25, 0.3) is 0 Å². The van der Waals surface area contributed by atoms with Crippen LogP contribution in [0.1, 0.15) is 19.4 Å². The van der Waals surface area contributed by atoms with Crippen molar-refractivity contribution in [3.05, 3.63) is 28.8 Å². The average molecular weight is 258 g/mol. The fraction of sp³-hybridized carbons (Fsp3) is 0.538. The second kappa shape index (κ2) is 6.84. The van der Waals surface area contributed by atoms with Crippen LogP contribution in [0.2, 0.25) is 5.02 Å². The second-order valence-electron chi connectivity index (χ2n) is 4.02. The summed E-state index contributed by atoms with van der Waals surface area (Å²) in [5, 5.41) is 10.0. The third-order valence-corrected chi connectivity index (χ3v) is 3.04. The van der Waals surface area contributed by atoms with Crippen LogP contribution < -0.4 is 4.90 Å². The number of nitrogens with zero attached hydrogens (tertiary/aromatic N) is 1. The van der Waals surface area contributed by atoms with E-state index in [0.717, 1.165) is 17.8 Å². The molecular weight excluding hydrogens is 238 g/mol. The van der Waals surface area contributed by atoms with Crippen LogP contribution in [0.3, 0.4) is 0 Å². The average Bonchev–Trinajstić information content (AvgIpc) is 2.32. The summed E-state index contributed by atoms with van der Waals surface area (Å²) in [6, 6.07) is 5.86. The monoisotopic (exact) mass is 257 g/mol. The van der Waals surface area contributed by atoms with Gasteiger partial charge in [0.2, 0.25) is 0 Å². The first-order valence-corrected chi connectivity index (χ1v) is 6.16. The summed E-state index contributed by atoms with van der Waals surface area (Å²) < 4.78 is 5.17. The summed E-state index contributed by atoms with van der Waals surface area (Å²) in [5.74, 6) is 0. The van der Waals surface area contributed by atoms with Gasteiger partial charge in [0.25, 0.3) is 0 Å². The Morgan fingerprint density at radius 2 is 2.18 bits per heavy atom. The third kappa shape index (κ3) is 3.60. The van der Waals surface area contributed by atoms with E-state index < -0.39 is 0 Å². The van der Waals surface area contributed by atoms with Crippen LogP contribution in [-0.4, -0.2) is 31.4 Å². The number of hydrogen-bond donors (Lipinski definition) is 1. The predicted octanol–water partition coefficient (Wildman–Crippen LogP) is 2.69. The third-order valence-electron chi connectivity index (χ3n) is 2.80. The molecule has 0 bridgehead atoms. The maximum absolute atomic E-state index is 9.38. The number of likely N-dealkylation sites (N-methyl/N-ethyl adjacent to an activating group) is 1. The molecule has 0 aliphatic rings. The minimum Gasteiger partial charge on any atom is -0.392 e. The van der Waals surface area contributed by atoms with Gasteiger partial charge in [0, 0.05) is 36.0 Å². The van der Waals surface area contributed by atoms with Crippen molar-refractivity contribution in [2.24, 2.45) is 0 Å². The Bertz CT molecular complexity index is 357. The first-order chi connectivity index (χ1) is 8.13. The van der Waals surface area contributed by atoms with Gasteiger partial charge in [-0.3, -0.25) is 0 Å². The summed E-state index contributed by atoms with van der Waals surface area (Å²) in [7, 11) is 1.69. The van der Waals surface area contributed by atoms with Crippen LogP contribution >= 0.6 is 11.6 Å². The van der Waals surface area contributed by atoms with E-state index in [9.17, 15) is 5.11 Å². The minimum atomic E-state index is -0.00784. The topological polar surface area (TPSA) is 32.7 Å². The summed E-state index contributed by atoms with van der Waals surface area (Å²) in [6.45, 7) is 5.69. The Kier molecular flexibility index (Phi) is 5.75. The molecule has 0 heterocycles. The predicted molar refractivity (Wildman–Crippen MR) is 71.7 cm³/mol. The summed E-state index contributed by atoms with van der Waals surface area (Å²) in [5.41, 5.74) is 1.87. The van der Waals surface area contributed by atoms with E-state index in [2.05, 4.69) is 18.7 Å². The summed E-state index contributed by atoms with van der Waals surface area (Å²) in [4.78, 5) is 2.20. The number of methoxy groups -OCH3 is 1. The van der Waals surface area contributed by atoms with Gasteiger partial charge in [0.05, 0.1) is 13.2 Å². The number of anilines is 1. The molecule has 0 amide bonds. The quantitative estimate of drug-likeness (QED) is 0.851. The Balaban J connectivity index is 3.02. The molecule has 1 N–H and O–H groups in total. The number of halogens is 1. The number of hydrogen-bond acceptors (Lipinski definition) is 3. The number of aliphatic hydroxyl groups is 1. The molecule has 0 saturated carbocycles. The molecule has 0 radical (unpaired) electrons. The first kappa shape index (κ1) is 14.3. The van der Waals surface area contributed by atoms with Crippen molar-refractivity contribution in [1.29, 1.82) is 0 Å². The number of aliphatic hydroxyl groups excluding tert-OH is 1. The SMILES string of the molecule is CCN(c1ccc(Cl)cc1CO)C(C)COC. The van der Waals surface area contributed by atoms with Crippen molar-refractivity contribution in [1.82, 2.24) is 0 Å². The molecule has 1 atom stereocenters. The van der Waals surface area contributed by atoms with Crippen LogP contribution in [0.15, 0.2) is 18.2 Å². The number of rotatable bonds is 6. The maximum Gasteiger partial charge on any atom is 0.0702 e. The molecule has 17 heavy (non-hydrogen) atoms. The zero-order chi connectivity index (χ0) is 12.8. The standard InChI is InChI=1S/C13H20ClNO2/c1-4-15(10(2)9-17-3)13-6-5-12(14)7-11(13)8-16/h5-7,10,16H,4,8-9H2,1-3H3. The van der Waals surface area contributed by atoms with Crippen molar-refractivity contribution >= 4 is 17.3 Å². The fourth-order valence-electron chi connectivity index (χ4n) is 2.01. The Labute approximate surface area is 108 Å². The van der Waals surface area contributed by atoms with E-state index in [4.69, 9.17) is 16.3 Å². The number of benzene rings is 1. The molecule has 1 unspecified atom stereocenters. The van der Waals surface area contributed by atoms with Gasteiger partial charge in [-0.25, -0.2) is 0 Å². The van der Waals surface area contributed by atoms with Crippen LogP contribution in [-0.2, 0) is 11.3 Å². The highest BCUT2D eigenvalue weighted by Crippen LogP contribution is 2.26. The normalized spacial score (nSPS) is 12.5. The van der Waals surface area contributed by atoms with Crippen molar-refractivity contribution in [2.45, 2.75) is 26.5 Å². The van der Waals surface area contributed by atoms with Crippen LogP contribution in [0.4, 0.5) is 5.69 Å². The number of ether oxygens (including phenoxy) is 1. The Morgan fingerprint density at radius 1 is 1.47 bits per heavy atom. The molecule has 1 rings (SSSR count). The van der Waals surface area contributed by atoms with Gasteiger partial charge in [0.1, 0.15) is 0 Å². The van der Waals surface area contributed by atoms with Gasteiger partial charge in [0.15, 0.2) is 0 Å². The molecule has 0 spiro atoms. The zero-order valence-electron chi connectivity index (χ0n) is 10.6. The molecule has 0 aliphatic carbocycles. The molecule has 0 saturated heterocycles. The lowest BCUT2D eigenvalue weighted by atomic mass is 10.1. The largest absolute Gasteiger partial charge is 0.392 e. The van der Waals surface area contributed by atoms with Crippen LogP contribution in [0.5, 0.6) is 0 Å². The molecule has 1 aromatic rings. The van der Waals surface area contributed by atoms with E-state index in [1.807, 2.05) is 12.1 Å². The Hall–Kier alpha value is -0.770. The van der Waals surface area contributed by atoms with Gasteiger partial charge in [-0.05, 0) is 32.0 Å². The van der Waals surface area contributed by atoms with Crippen molar-refractivity contribution in [3.63, 3.8) is 0 Å². The highest BCUT2D eigenvalue weighted by molar-refractivity contribution is 6.30. The van der Waals surface area contributed by atoms with Gasteiger partial charge in [-0.2, -0.15) is 0 Å². The highest BCUT2D eigenvalue weighted by atomic mass is 35.5. The lowest BCUT2D eigenvalue weighted by molar-refractivity contribution is 0.181. The van der Waals surface area contributed by atoms with Gasteiger partial charge >= 0.3 is 0 Å². The van der Waals surface area contributed by atoms with E-state index in [-0.39, 0.29) is 12.6 Å². The smallest absolute Gasteiger partial charge is 0.0702 e. The maximum atomic E-state index is 9.38. The first-order valence-electron chi connectivity index (χ1n) is 5.78. The zero-order valence-corrected chi connectivity index (χ0v) is 11.4.